The van der Waals surface area contributed by atoms with Crippen LogP contribution in [0, 0.1) is 22.2 Å². The monoisotopic (exact) mass is 413 g/mol. The van der Waals surface area contributed by atoms with E-state index < -0.39 is 11.0 Å². The van der Waals surface area contributed by atoms with Gasteiger partial charge in [0.2, 0.25) is 0 Å². The van der Waals surface area contributed by atoms with Crippen LogP contribution in [0.4, 0.5) is 0 Å². The molecule has 30 heavy (non-hydrogen) atoms. The normalized spacial score (nSPS) is 44.9. The topological polar surface area (TPSA) is 82.0 Å². The van der Waals surface area contributed by atoms with Crippen molar-refractivity contribution < 1.29 is 20.1 Å². The van der Waals surface area contributed by atoms with Crippen molar-refractivity contribution in [2.24, 2.45) is 22.2 Å². The molecule has 5 nitrogen and oxygen atoms in total. The SMILES string of the molecule is CC(C)(C)[C@@](C)(O)[C@H]1CC23CC[C@]1(CO)[C@@H]1Oc4c(O)ccc5c4[C@@]12CCN[C@@H]3C5. The number of phenolic OH excluding ortho intramolecular Hbond substituents is 1. The average Bonchev–Trinajstić information content (AvgIpc) is 3.05. The highest BCUT2D eigenvalue weighted by atomic mass is 16.5. The summed E-state index contributed by atoms with van der Waals surface area (Å²) in [5.74, 6) is 0.802. The van der Waals surface area contributed by atoms with Crippen LogP contribution in [-0.2, 0) is 11.8 Å². The first-order valence-electron chi connectivity index (χ1n) is 11.6. The third kappa shape index (κ3) is 1.77. The van der Waals surface area contributed by atoms with Crippen molar-refractivity contribution >= 4 is 0 Å². The molecular formula is C25H35NO4. The van der Waals surface area contributed by atoms with Crippen molar-refractivity contribution in [1.29, 1.82) is 0 Å². The number of hydrogen-bond donors (Lipinski definition) is 4. The van der Waals surface area contributed by atoms with Gasteiger partial charge in [-0.2, -0.15) is 0 Å². The Morgan fingerprint density at radius 3 is 2.63 bits per heavy atom. The van der Waals surface area contributed by atoms with E-state index >= 15 is 0 Å². The van der Waals surface area contributed by atoms with Crippen molar-refractivity contribution in [3.05, 3.63) is 23.3 Å². The van der Waals surface area contributed by atoms with E-state index in [1.807, 2.05) is 6.92 Å². The van der Waals surface area contributed by atoms with E-state index in [9.17, 15) is 15.3 Å². The summed E-state index contributed by atoms with van der Waals surface area (Å²) in [6.07, 6.45) is 4.49. The number of hydrogen-bond acceptors (Lipinski definition) is 5. The molecule has 4 N–H and O–H groups in total. The van der Waals surface area contributed by atoms with E-state index in [1.54, 1.807) is 6.07 Å². The molecule has 164 valence electrons. The lowest BCUT2D eigenvalue weighted by molar-refractivity contribution is -0.277. The Kier molecular flexibility index (Phi) is 3.46. The van der Waals surface area contributed by atoms with Crippen LogP contribution < -0.4 is 10.1 Å². The molecule has 2 aliphatic heterocycles. The third-order valence-corrected chi connectivity index (χ3v) is 10.6. The van der Waals surface area contributed by atoms with Crippen LogP contribution in [0.2, 0.25) is 0 Å². The molecular weight excluding hydrogens is 378 g/mol. The van der Waals surface area contributed by atoms with Gasteiger partial charge in [-0.3, -0.25) is 0 Å². The van der Waals surface area contributed by atoms with Crippen molar-refractivity contribution in [3.8, 4) is 11.5 Å². The summed E-state index contributed by atoms with van der Waals surface area (Å²) in [4.78, 5) is 0. The quantitative estimate of drug-likeness (QED) is 0.599. The molecule has 1 saturated heterocycles. The molecule has 1 aromatic rings. The largest absolute Gasteiger partial charge is 0.504 e. The van der Waals surface area contributed by atoms with Crippen molar-refractivity contribution in [1.82, 2.24) is 5.32 Å². The maximum Gasteiger partial charge on any atom is 0.165 e. The van der Waals surface area contributed by atoms with Crippen molar-refractivity contribution in [3.63, 3.8) is 0 Å². The summed E-state index contributed by atoms with van der Waals surface area (Å²) in [5, 5.41) is 37.5. The van der Waals surface area contributed by atoms with Gasteiger partial charge in [0.25, 0.3) is 0 Å². The van der Waals surface area contributed by atoms with Crippen LogP contribution in [0.3, 0.4) is 0 Å². The molecule has 5 heteroatoms. The molecule has 4 aliphatic carbocycles. The average molecular weight is 414 g/mol. The van der Waals surface area contributed by atoms with E-state index in [1.165, 1.54) is 11.1 Å². The maximum atomic E-state index is 11.9. The number of piperidine rings is 1. The van der Waals surface area contributed by atoms with Crippen LogP contribution in [-0.4, -0.2) is 46.2 Å². The number of benzene rings is 1. The fourth-order valence-electron chi connectivity index (χ4n) is 8.69. The van der Waals surface area contributed by atoms with E-state index in [0.717, 1.165) is 38.6 Å². The zero-order valence-electron chi connectivity index (χ0n) is 18.6. The van der Waals surface area contributed by atoms with E-state index in [0.29, 0.717) is 11.8 Å². The first kappa shape index (κ1) is 19.4. The standard InChI is InChI=1S/C25H35NO4/c1-21(2,3)22(4,29)16-12-24-8-7-23(16,13-27)20-25(24)9-10-26-17(24)11-14-5-6-15(28)19(30-20)18(14)25/h5-6,16-17,20,26-29H,7-13H2,1-4H3/t16-,17-,20+,22+,23-,24?,25+/m1/s1. The van der Waals surface area contributed by atoms with Crippen LogP contribution in [0.1, 0.15) is 64.5 Å². The summed E-state index contributed by atoms with van der Waals surface area (Å²) in [6.45, 7) is 9.21. The maximum absolute atomic E-state index is 11.9. The van der Waals surface area contributed by atoms with E-state index in [-0.39, 0.29) is 40.6 Å². The van der Waals surface area contributed by atoms with Gasteiger partial charge in [-0.05, 0) is 74.0 Å². The number of aliphatic hydroxyl groups excluding tert-OH is 1. The molecule has 7 rings (SSSR count). The summed E-state index contributed by atoms with van der Waals surface area (Å²) in [6, 6.07) is 4.19. The fourth-order valence-corrected chi connectivity index (χ4v) is 8.69. The van der Waals surface area contributed by atoms with Gasteiger partial charge in [-0.1, -0.05) is 26.8 Å². The Morgan fingerprint density at radius 1 is 1.17 bits per heavy atom. The molecule has 4 fully saturated rings. The second kappa shape index (κ2) is 5.36. The first-order chi connectivity index (χ1) is 14.1. The fraction of sp³-hybridized carbons (Fsp3) is 0.760. The minimum absolute atomic E-state index is 0.00850. The molecule has 2 heterocycles. The first-order valence-corrected chi connectivity index (χ1v) is 11.6. The van der Waals surface area contributed by atoms with Crippen LogP contribution in [0.5, 0.6) is 11.5 Å². The zero-order chi connectivity index (χ0) is 21.3. The Bertz CT molecular complexity index is 936. The summed E-state index contributed by atoms with van der Waals surface area (Å²) < 4.78 is 6.72. The highest BCUT2D eigenvalue weighted by molar-refractivity contribution is 5.63. The molecule has 1 aromatic carbocycles. The lowest BCUT2D eigenvalue weighted by atomic mass is 9.31. The molecule has 3 saturated carbocycles. The minimum Gasteiger partial charge on any atom is -0.504 e. The lowest BCUT2D eigenvalue weighted by Crippen LogP contribution is -2.81. The summed E-state index contributed by atoms with van der Waals surface area (Å²) in [7, 11) is 0. The van der Waals surface area contributed by atoms with Crippen molar-refractivity contribution in [2.75, 3.05) is 13.2 Å². The van der Waals surface area contributed by atoms with Gasteiger partial charge in [-0.15, -0.1) is 0 Å². The molecule has 0 aromatic heterocycles. The molecule has 6 aliphatic rings. The molecule has 2 spiro atoms. The molecule has 0 radical (unpaired) electrons. The Labute approximate surface area is 178 Å². The van der Waals surface area contributed by atoms with Gasteiger partial charge >= 0.3 is 0 Å². The van der Waals surface area contributed by atoms with Gasteiger partial charge in [0.1, 0.15) is 6.10 Å². The zero-order valence-corrected chi connectivity index (χ0v) is 18.6. The summed E-state index contributed by atoms with van der Waals surface area (Å²) in [5.41, 5.74) is 0.524. The number of nitrogens with one attached hydrogen (secondary N) is 1. The van der Waals surface area contributed by atoms with Gasteiger partial charge in [0.15, 0.2) is 11.5 Å². The van der Waals surface area contributed by atoms with Gasteiger partial charge in [0, 0.05) is 22.4 Å². The highest BCUT2D eigenvalue weighted by Gasteiger charge is 2.81. The van der Waals surface area contributed by atoms with Crippen LogP contribution >= 0.6 is 0 Å². The predicted molar refractivity (Wildman–Crippen MR) is 114 cm³/mol. The third-order valence-electron chi connectivity index (χ3n) is 10.6. The highest BCUT2D eigenvalue weighted by Crippen LogP contribution is 2.78. The molecule has 1 unspecified atom stereocenters. The van der Waals surface area contributed by atoms with Gasteiger partial charge < -0.3 is 25.4 Å². The smallest absolute Gasteiger partial charge is 0.165 e. The Morgan fingerprint density at radius 2 is 1.93 bits per heavy atom. The number of ether oxygens (including phenoxy) is 1. The van der Waals surface area contributed by atoms with Crippen molar-refractivity contribution in [2.45, 2.75) is 83.0 Å². The number of aliphatic hydroxyl groups is 2. The Balaban J connectivity index is 1.65. The predicted octanol–water partition coefficient (Wildman–Crippen LogP) is 2.88. The number of phenols is 1. The summed E-state index contributed by atoms with van der Waals surface area (Å²) >= 11 is 0. The number of fused-ring (bicyclic) bond motifs is 2. The molecule has 7 atom stereocenters. The number of aromatic hydroxyl groups is 1. The molecule has 4 bridgehead atoms. The van der Waals surface area contributed by atoms with Gasteiger partial charge in [0.05, 0.1) is 12.2 Å². The van der Waals surface area contributed by atoms with Crippen LogP contribution in [0.15, 0.2) is 12.1 Å². The lowest BCUT2D eigenvalue weighted by Gasteiger charge is -2.74. The van der Waals surface area contributed by atoms with E-state index in [4.69, 9.17) is 4.74 Å². The molecule has 0 amide bonds. The Hall–Kier alpha value is -1.30. The second-order valence-electron chi connectivity index (χ2n) is 12.1. The van der Waals surface area contributed by atoms with E-state index in [2.05, 4.69) is 32.2 Å². The second-order valence-corrected chi connectivity index (χ2v) is 12.1. The van der Waals surface area contributed by atoms with Crippen LogP contribution in [0.25, 0.3) is 0 Å². The number of rotatable bonds is 2. The van der Waals surface area contributed by atoms with Gasteiger partial charge in [-0.25, -0.2) is 0 Å². The minimum atomic E-state index is -0.945.